The molecule has 170 valence electrons. The molecule has 2 aromatic heterocycles. The minimum absolute atomic E-state index is 0.0319. The van der Waals surface area contributed by atoms with Crippen LogP contribution in [0.3, 0.4) is 0 Å². The number of Topliss-reactive ketones (excluding diaryl/α,β-unsaturated/α-hetero) is 1. The Kier molecular flexibility index (Phi) is 6.35. The number of hydrogen-bond donors (Lipinski definition) is 2. The van der Waals surface area contributed by atoms with Crippen molar-refractivity contribution in [1.82, 2.24) is 15.0 Å². The molecule has 7 nitrogen and oxygen atoms in total. The number of nitrogens with one attached hydrogen (secondary N) is 2. The molecule has 2 N–H and O–H groups in total. The van der Waals surface area contributed by atoms with Gasteiger partial charge in [-0.3, -0.25) is 4.79 Å². The molecule has 1 atom stereocenters. The van der Waals surface area contributed by atoms with Gasteiger partial charge >= 0.3 is 0 Å². The Morgan fingerprint density at radius 3 is 2.91 bits per heavy atom. The van der Waals surface area contributed by atoms with E-state index >= 15 is 0 Å². The van der Waals surface area contributed by atoms with E-state index in [4.69, 9.17) is 4.74 Å². The number of carbonyl (C=O) groups excluding carboxylic acids is 1. The summed E-state index contributed by atoms with van der Waals surface area (Å²) in [5, 5.41) is 4.35. The third-order valence-corrected chi connectivity index (χ3v) is 6.21. The number of H-pyrrole nitrogens is 1. The summed E-state index contributed by atoms with van der Waals surface area (Å²) in [7, 11) is 1.66. The maximum atomic E-state index is 12.8. The fourth-order valence-electron chi connectivity index (χ4n) is 4.44. The number of carbonyl (C=O) groups is 1. The normalized spacial score (nSPS) is 16.9. The minimum Gasteiger partial charge on any atom is -0.495 e. The molecule has 0 radical (unpaired) electrons. The van der Waals surface area contributed by atoms with Crippen LogP contribution in [0.25, 0.3) is 11.0 Å². The lowest BCUT2D eigenvalue weighted by atomic mass is 9.87. The van der Waals surface area contributed by atoms with Gasteiger partial charge in [-0.15, -0.1) is 0 Å². The standard InChI is InChI=1S/C25H33N5O2/c1-25(2,3)18-7-8-22(32-4)21(13-18)27-14-19(31)12-17-6-5-11-30(15-17)24-20-9-10-26-23(20)28-16-29-24/h7-10,13,16-17,27H,5-6,11-12,14-15H2,1-4H3,(H,26,28,29)/t17-/m0/s1. The first-order valence-electron chi connectivity index (χ1n) is 11.3. The summed E-state index contributed by atoms with van der Waals surface area (Å²) in [5.74, 6) is 2.25. The van der Waals surface area contributed by atoms with E-state index in [0.717, 1.165) is 54.2 Å². The van der Waals surface area contributed by atoms with Crippen LogP contribution in [0.5, 0.6) is 5.75 Å². The van der Waals surface area contributed by atoms with E-state index in [2.05, 4.69) is 58.1 Å². The zero-order valence-electron chi connectivity index (χ0n) is 19.4. The molecule has 3 aromatic rings. The molecule has 1 saturated heterocycles. The van der Waals surface area contributed by atoms with Gasteiger partial charge in [0.25, 0.3) is 0 Å². The van der Waals surface area contributed by atoms with Crippen LogP contribution in [0.1, 0.15) is 45.6 Å². The quantitative estimate of drug-likeness (QED) is 0.566. The number of methoxy groups -OCH3 is 1. The molecule has 4 rings (SSSR count). The van der Waals surface area contributed by atoms with Crippen molar-refractivity contribution in [2.45, 2.75) is 45.4 Å². The average Bonchev–Trinajstić information content (AvgIpc) is 3.26. The van der Waals surface area contributed by atoms with Crippen molar-refractivity contribution in [1.29, 1.82) is 0 Å². The van der Waals surface area contributed by atoms with E-state index in [-0.39, 0.29) is 11.2 Å². The fraction of sp³-hybridized carbons (Fsp3) is 0.480. The summed E-state index contributed by atoms with van der Waals surface area (Å²) >= 11 is 0. The van der Waals surface area contributed by atoms with Crippen LogP contribution in [0, 0.1) is 5.92 Å². The lowest BCUT2D eigenvalue weighted by Crippen LogP contribution is -2.37. The third-order valence-electron chi connectivity index (χ3n) is 6.21. The maximum absolute atomic E-state index is 12.8. The second-order valence-electron chi connectivity index (χ2n) is 9.65. The van der Waals surface area contributed by atoms with Gasteiger partial charge in [0.2, 0.25) is 0 Å². The first-order chi connectivity index (χ1) is 15.3. The number of aromatic amines is 1. The van der Waals surface area contributed by atoms with Crippen LogP contribution in [-0.2, 0) is 10.2 Å². The Morgan fingerprint density at radius 1 is 1.28 bits per heavy atom. The van der Waals surface area contributed by atoms with Crippen molar-refractivity contribution in [3.63, 3.8) is 0 Å². The van der Waals surface area contributed by atoms with Crippen molar-refractivity contribution in [2.75, 3.05) is 37.0 Å². The van der Waals surface area contributed by atoms with Crippen LogP contribution in [0.4, 0.5) is 11.5 Å². The zero-order valence-corrected chi connectivity index (χ0v) is 19.4. The predicted molar refractivity (Wildman–Crippen MR) is 129 cm³/mol. The maximum Gasteiger partial charge on any atom is 0.152 e. The van der Waals surface area contributed by atoms with Crippen molar-refractivity contribution >= 4 is 28.3 Å². The summed E-state index contributed by atoms with van der Waals surface area (Å²) < 4.78 is 5.49. The Hall–Kier alpha value is -3.09. The highest BCUT2D eigenvalue weighted by atomic mass is 16.5. The number of rotatable bonds is 7. The Bertz CT molecular complexity index is 1090. The number of nitrogens with zero attached hydrogens (tertiary/aromatic N) is 3. The van der Waals surface area contributed by atoms with E-state index < -0.39 is 0 Å². The molecule has 7 heteroatoms. The van der Waals surface area contributed by atoms with E-state index in [1.54, 1.807) is 13.4 Å². The van der Waals surface area contributed by atoms with E-state index in [0.29, 0.717) is 18.9 Å². The number of ether oxygens (including phenoxy) is 1. The van der Waals surface area contributed by atoms with Crippen LogP contribution in [0.15, 0.2) is 36.8 Å². The van der Waals surface area contributed by atoms with Gasteiger partial charge in [0.05, 0.1) is 24.7 Å². The number of fused-ring (bicyclic) bond motifs is 1. The van der Waals surface area contributed by atoms with Gasteiger partial charge in [-0.25, -0.2) is 9.97 Å². The van der Waals surface area contributed by atoms with Crippen molar-refractivity contribution in [3.8, 4) is 5.75 Å². The van der Waals surface area contributed by atoms with Gasteiger partial charge in [-0.05, 0) is 47.9 Å². The first-order valence-corrected chi connectivity index (χ1v) is 11.3. The van der Waals surface area contributed by atoms with Gasteiger partial charge in [-0.1, -0.05) is 26.8 Å². The molecule has 0 spiro atoms. The van der Waals surface area contributed by atoms with Gasteiger partial charge < -0.3 is 19.9 Å². The van der Waals surface area contributed by atoms with Crippen molar-refractivity contribution in [3.05, 3.63) is 42.4 Å². The highest BCUT2D eigenvalue weighted by Crippen LogP contribution is 2.32. The number of hydrogen-bond acceptors (Lipinski definition) is 6. The molecular weight excluding hydrogens is 402 g/mol. The summed E-state index contributed by atoms with van der Waals surface area (Å²) in [6.07, 6.45) is 6.18. The van der Waals surface area contributed by atoms with Gasteiger partial charge in [-0.2, -0.15) is 0 Å². The Morgan fingerprint density at radius 2 is 2.12 bits per heavy atom. The molecule has 3 heterocycles. The molecule has 0 aliphatic carbocycles. The van der Waals surface area contributed by atoms with E-state index in [1.165, 1.54) is 5.56 Å². The first kappa shape index (κ1) is 22.1. The van der Waals surface area contributed by atoms with E-state index in [9.17, 15) is 4.79 Å². The topological polar surface area (TPSA) is 83.1 Å². The smallest absolute Gasteiger partial charge is 0.152 e. The zero-order chi connectivity index (χ0) is 22.7. The molecule has 0 amide bonds. The van der Waals surface area contributed by atoms with Crippen LogP contribution in [0.2, 0.25) is 0 Å². The highest BCUT2D eigenvalue weighted by Gasteiger charge is 2.25. The van der Waals surface area contributed by atoms with Crippen LogP contribution in [-0.4, -0.2) is 47.5 Å². The predicted octanol–water partition coefficient (Wildman–Crippen LogP) is 4.55. The van der Waals surface area contributed by atoms with Gasteiger partial charge in [0, 0.05) is 25.7 Å². The molecule has 1 aromatic carbocycles. The summed E-state index contributed by atoms with van der Waals surface area (Å²) in [6.45, 7) is 8.63. The number of piperidine rings is 1. The fourth-order valence-corrected chi connectivity index (χ4v) is 4.44. The molecule has 0 unspecified atom stereocenters. The van der Waals surface area contributed by atoms with Crippen molar-refractivity contribution < 1.29 is 9.53 Å². The molecule has 32 heavy (non-hydrogen) atoms. The number of ketones is 1. The monoisotopic (exact) mass is 435 g/mol. The lowest BCUT2D eigenvalue weighted by molar-refractivity contribution is -0.118. The largest absolute Gasteiger partial charge is 0.495 e. The second kappa shape index (κ2) is 9.18. The molecule has 0 saturated carbocycles. The molecule has 1 aliphatic rings. The number of anilines is 2. The number of benzene rings is 1. The van der Waals surface area contributed by atoms with Gasteiger partial charge in [0.15, 0.2) is 5.78 Å². The summed E-state index contributed by atoms with van der Waals surface area (Å²) in [5.41, 5.74) is 2.96. The number of aromatic nitrogens is 3. The molecule has 1 fully saturated rings. The minimum atomic E-state index is 0.0319. The summed E-state index contributed by atoms with van der Waals surface area (Å²) in [6, 6.07) is 8.15. The molecular formula is C25H33N5O2. The van der Waals surface area contributed by atoms with Crippen molar-refractivity contribution in [2.24, 2.45) is 5.92 Å². The summed E-state index contributed by atoms with van der Waals surface area (Å²) in [4.78, 5) is 27.1. The van der Waals surface area contributed by atoms with E-state index in [1.807, 2.05) is 18.3 Å². The Balaban J connectivity index is 1.38. The Labute approximate surface area is 189 Å². The highest BCUT2D eigenvalue weighted by molar-refractivity contribution is 5.87. The van der Waals surface area contributed by atoms with Gasteiger partial charge in [0.1, 0.15) is 23.5 Å². The molecule has 0 bridgehead atoms. The van der Waals surface area contributed by atoms with Crippen LogP contribution < -0.4 is 15.0 Å². The second-order valence-corrected chi connectivity index (χ2v) is 9.65. The third kappa shape index (κ3) is 4.87. The van der Waals surface area contributed by atoms with Crippen LogP contribution >= 0.6 is 0 Å². The molecule has 1 aliphatic heterocycles. The lowest BCUT2D eigenvalue weighted by Gasteiger charge is -2.33. The average molecular weight is 436 g/mol. The SMILES string of the molecule is COc1ccc(C(C)(C)C)cc1NCC(=O)C[C@@H]1CCCN(c2ncnc3[nH]ccc23)C1.